The van der Waals surface area contributed by atoms with E-state index in [4.69, 9.17) is 33.2 Å². The Morgan fingerprint density at radius 2 is 1.36 bits per heavy atom. The fourth-order valence-corrected chi connectivity index (χ4v) is 5.19. The summed E-state index contributed by atoms with van der Waals surface area (Å²) in [6, 6.07) is 5.52. The standard InChI is InChI=1S/C38H58N4O13/c1-24-31(51-25(2)43)32(52-26(3)44)30(41-35(47)49-10)33(50-24)53-28-17-14-27(15-18-28)16-19-29(45)39-21-13-23-42(36(48)55-38(7,8)9)22-12-11-20-40-34(46)54-37(4,5)6/h14-19,24,30-33H,11-13,20-23H2,1-10H3,(H,39,45)(H,40,46)(H,41,47)/b19-16+/t24-,30-,31-,32-,33-/m1/s1. The molecule has 3 N–H and O–H groups in total. The van der Waals surface area contributed by atoms with Crippen molar-refractivity contribution in [2.75, 3.05) is 33.3 Å². The molecule has 1 saturated heterocycles. The molecule has 1 aromatic rings. The van der Waals surface area contributed by atoms with E-state index in [1.165, 1.54) is 19.9 Å². The third kappa shape index (κ3) is 18.2. The van der Waals surface area contributed by atoms with E-state index in [1.54, 1.807) is 83.7 Å². The van der Waals surface area contributed by atoms with Gasteiger partial charge in [-0.15, -0.1) is 0 Å². The number of methoxy groups -OCH3 is 1. The van der Waals surface area contributed by atoms with Gasteiger partial charge in [-0.3, -0.25) is 14.4 Å². The first kappa shape index (κ1) is 46.1. The summed E-state index contributed by atoms with van der Waals surface area (Å²) in [5, 5.41) is 8.07. The smallest absolute Gasteiger partial charge is 0.410 e. The molecule has 1 heterocycles. The molecule has 1 aliphatic rings. The van der Waals surface area contributed by atoms with E-state index in [2.05, 4.69) is 16.0 Å². The Balaban J connectivity index is 1.95. The average Bonchev–Trinajstić information content (AvgIpc) is 3.06. The van der Waals surface area contributed by atoms with Crippen LogP contribution in [0.15, 0.2) is 30.3 Å². The van der Waals surface area contributed by atoms with Crippen molar-refractivity contribution in [2.45, 2.75) is 123 Å². The number of unbranched alkanes of at least 4 members (excludes halogenated alkanes) is 1. The maximum absolute atomic E-state index is 12.8. The Bertz CT molecular complexity index is 1470. The minimum atomic E-state index is -1.18. The zero-order chi connectivity index (χ0) is 41.3. The monoisotopic (exact) mass is 778 g/mol. The van der Waals surface area contributed by atoms with Crippen LogP contribution >= 0.6 is 0 Å². The Morgan fingerprint density at radius 1 is 0.782 bits per heavy atom. The number of hydrogen-bond donors (Lipinski definition) is 3. The topological polar surface area (TPSA) is 206 Å². The zero-order valence-electron chi connectivity index (χ0n) is 33.6. The Labute approximate surface area is 323 Å². The van der Waals surface area contributed by atoms with Crippen molar-refractivity contribution in [1.82, 2.24) is 20.9 Å². The summed E-state index contributed by atoms with van der Waals surface area (Å²) in [7, 11) is 1.16. The molecule has 17 nitrogen and oxygen atoms in total. The predicted molar refractivity (Wildman–Crippen MR) is 200 cm³/mol. The second-order valence-corrected chi connectivity index (χ2v) is 14.8. The molecular formula is C38H58N4O13. The van der Waals surface area contributed by atoms with E-state index in [1.807, 2.05) is 0 Å². The van der Waals surface area contributed by atoms with Crippen LogP contribution in [0, 0.1) is 0 Å². The SMILES string of the molecule is COC(=O)N[C@H]1[C@@H](Oc2ccc(/C=C/C(=O)NCCCN(CCCCNC(=O)OC(C)(C)C)C(=O)OC(C)(C)C)cc2)O[C@H](C)[C@@H](OC(C)=O)[C@@H]1OC(C)=O. The zero-order valence-corrected chi connectivity index (χ0v) is 33.6. The van der Waals surface area contributed by atoms with Gasteiger partial charge in [0.05, 0.1) is 13.2 Å². The number of rotatable bonds is 16. The predicted octanol–water partition coefficient (Wildman–Crippen LogP) is 4.46. The Morgan fingerprint density at radius 3 is 1.95 bits per heavy atom. The number of carbonyl (C=O) groups is 6. The summed E-state index contributed by atoms with van der Waals surface area (Å²) in [5.74, 6) is -1.31. The maximum atomic E-state index is 12.8. The van der Waals surface area contributed by atoms with Gasteiger partial charge in [-0.2, -0.15) is 0 Å². The number of nitrogens with zero attached hydrogens (tertiary/aromatic N) is 1. The molecule has 1 aromatic carbocycles. The largest absolute Gasteiger partial charge is 0.463 e. The first-order valence-electron chi connectivity index (χ1n) is 18.2. The minimum Gasteiger partial charge on any atom is -0.463 e. The van der Waals surface area contributed by atoms with Gasteiger partial charge in [0, 0.05) is 46.1 Å². The maximum Gasteiger partial charge on any atom is 0.410 e. The van der Waals surface area contributed by atoms with Crippen LogP contribution in [0.3, 0.4) is 0 Å². The van der Waals surface area contributed by atoms with E-state index in [-0.39, 0.29) is 5.91 Å². The molecule has 2 rings (SSSR count). The van der Waals surface area contributed by atoms with Gasteiger partial charge in [0.15, 0.2) is 12.2 Å². The van der Waals surface area contributed by atoms with E-state index in [9.17, 15) is 28.8 Å². The van der Waals surface area contributed by atoms with E-state index >= 15 is 0 Å². The number of alkyl carbamates (subject to hydrolysis) is 2. The van der Waals surface area contributed by atoms with Crippen molar-refractivity contribution in [3.63, 3.8) is 0 Å². The quantitative estimate of drug-likeness (QED) is 0.0919. The lowest BCUT2D eigenvalue weighted by Crippen LogP contribution is -2.66. The van der Waals surface area contributed by atoms with Crippen LogP contribution in [0.25, 0.3) is 6.08 Å². The van der Waals surface area contributed by atoms with Gasteiger partial charge in [-0.25, -0.2) is 14.4 Å². The molecular weight excluding hydrogens is 720 g/mol. The van der Waals surface area contributed by atoms with Crippen molar-refractivity contribution < 1.29 is 61.9 Å². The molecule has 0 aliphatic carbocycles. The number of esters is 2. The van der Waals surface area contributed by atoms with Crippen molar-refractivity contribution in [3.8, 4) is 5.75 Å². The van der Waals surface area contributed by atoms with Gasteiger partial charge in [0.1, 0.15) is 23.0 Å². The Kier molecular flexibility index (Phi) is 18.2. The molecule has 0 radical (unpaired) electrons. The molecule has 0 aromatic heterocycles. The lowest BCUT2D eigenvalue weighted by Gasteiger charge is -2.44. The van der Waals surface area contributed by atoms with Crippen molar-refractivity contribution in [3.05, 3.63) is 35.9 Å². The van der Waals surface area contributed by atoms with Crippen molar-refractivity contribution in [2.24, 2.45) is 0 Å². The summed E-state index contributed by atoms with van der Waals surface area (Å²) in [4.78, 5) is 74.9. The molecule has 5 atom stereocenters. The van der Waals surface area contributed by atoms with Crippen LogP contribution in [0.1, 0.15) is 87.1 Å². The summed E-state index contributed by atoms with van der Waals surface area (Å²) in [5.41, 5.74) is -0.586. The summed E-state index contributed by atoms with van der Waals surface area (Å²) in [6.45, 7) is 16.2. The average molecular weight is 779 g/mol. The van der Waals surface area contributed by atoms with Crippen molar-refractivity contribution >= 4 is 42.2 Å². The summed E-state index contributed by atoms with van der Waals surface area (Å²) in [6.07, 6.45) is -1.25. The third-order valence-electron chi connectivity index (χ3n) is 7.49. The highest BCUT2D eigenvalue weighted by molar-refractivity contribution is 5.91. The highest BCUT2D eigenvalue weighted by atomic mass is 16.7. The van der Waals surface area contributed by atoms with Crippen LogP contribution < -0.4 is 20.7 Å². The number of nitrogens with one attached hydrogen (secondary N) is 3. The molecule has 55 heavy (non-hydrogen) atoms. The number of amides is 4. The third-order valence-corrected chi connectivity index (χ3v) is 7.49. The van der Waals surface area contributed by atoms with E-state index in [0.717, 1.165) is 7.11 Å². The first-order chi connectivity index (χ1) is 25.7. The van der Waals surface area contributed by atoms with E-state index in [0.29, 0.717) is 56.8 Å². The van der Waals surface area contributed by atoms with Gasteiger partial charge in [0.25, 0.3) is 0 Å². The highest BCUT2D eigenvalue weighted by Crippen LogP contribution is 2.29. The van der Waals surface area contributed by atoms with Crippen LogP contribution in [-0.4, -0.2) is 116 Å². The van der Waals surface area contributed by atoms with Gasteiger partial charge in [-0.1, -0.05) is 12.1 Å². The molecule has 4 amide bonds. The molecule has 308 valence electrons. The Hall–Kier alpha value is -5.06. The number of carbonyl (C=O) groups excluding carboxylic acids is 6. The molecule has 0 saturated carbocycles. The molecule has 1 fully saturated rings. The number of benzene rings is 1. The second kappa shape index (κ2) is 21.7. The number of hydrogen-bond acceptors (Lipinski definition) is 13. The lowest BCUT2D eigenvalue weighted by atomic mass is 9.97. The fraction of sp³-hybridized carbons (Fsp3) is 0.632. The minimum absolute atomic E-state index is 0.308. The fourth-order valence-electron chi connectivity index (χ4n) is 5.19. The van der Waals surface area contributed by atoms with Crippen LogP contribution in [0.4, 0.5) is 14.4 Å². The molecule has 0 spiro atoms. The molecule has 17 heteroatoms. The molecule has 0 bridgehead atoms. The molecule has 0 unspecified atom stereocenters. The van der Waals surface area contributed by atoms with Gasteiger partial charge < -0.3 is 54.0 Å². The van der Waals surface area contributed by atoms with Crippen LogP contribution in [-0.2, 0) is 42.8 Å². The number of ether oxygens (including phenoxy) is 7. The van der Waals surface area contributed by atoms with Crippen molar-refractivity contribution in [1.29, 1.82) is 0 Å². The summed E-state index contributed by atoms with van der Waals surface area (Å²) < 4.78 is 38.3. The second-order valence-electron chi connectivity index (χ2n) is 14.8. The van der Waals surface area contributed by atoms with Gasteiger partial charge in [-0.05, 0) is 91.5 Å². The van der Waals surface area contributed by atoms with Gasteiger partial charge >= 0.3 is 30.2 Å². The lowest BCUT2D eigenvalue weighted by molar-refractivity contribution is -0.245. The van der Waals surface area contributed by atoms with Gasteiger partial charge in [0.2, 0.25) is 12.2 Å². The highest BCUT2D eigenvalue weighted by Gasteiger charge is 2.50. The van der Waals surface area contributed by atoms with Crippen LogP contribution in [0.2, 0.25) is 0 Å². The molecule has 1 aliphatic heterocycles. The van der Waals surface area contributed by atoms with E-state index < -0.39 is 72.1 Å². The normalized spacial score (nSPS) is 19.7. The summed E-state index contributed by atoms with van der Waals surface area (Å²) >= 11 is 0. The first-order valence-corrected chi connectivity index (χ1v) is 18.2. The van der Waals surface area contributed by atoms with Crippen LogP contribution in [0.5, 0.6) is 5.75 Å².